The predicted octanol–water partition coefficient (Wildman–Crippen LogP) is 4.65. The van der Waals surface area contributed by atoms with Gasteiger partial charge in [0.1, 0.15) is 23.8 Å². The van der Waals surface area contributed by atoms with E-state index in [1.165, 1.54) is 12.4 Å². The Labute approximate surface area is 195 Å². The van der Waals surface area contributed by atoms with E-state index < -0.39 is 5.82 Å². The number of benzene rings is 1. The topological polar surface area (TPSA) is 116 Å². The molecule has 0 saturated heterocycles. The number of aryl methyl sites for hydroxylation is 1. The largest absolute Gasteiger partial charge is 0.473 e. The second-order valence-electron chi connectivity index (χ2n) is 8.89. The standard InChI is InChI=1S/C24H24FN7O2/c1-13(2)22-29-23(34-31-22)15-5-7-16(8-6-15)33-24-20-19(27-12-28-24)21(32(3)30-20)17-9-4-14(11-26)10-18(17)25/h4,9-10,12-13,15-16H,5-8H2,1-3H3. The Hall–Kier alpha value is -3.87. The van der Waals surface area contributed by atoms with E-state index in [2.05, 4.69) is 25.2 Å². The summed E-state index contributed by atoms with van der Waals surface area (Å²) < 4.78 is 28.0. The Bertz CT molecular complexity index is 1380. The van der Waals surface area contributed by atoms with Crippen LogP contribution in [0.4, 0.5) is 4.39 Å². The summed E-state index contributed by atoms with van der Waals surface area (Å²) >= 11 is 0. The number of hydrogen-bond acceptors (Lipinski definition) is 8. The molecule has 174 valence electrons. The molecule has 5 rings (SSSR count). The van der Waals surface area contributed by atoms with Gasteiger partial charge in [0.05, 0.1) is 17.3 Å². The molecule has 0 N–H and O–H groups in total. The normalized spacial score (nSPS) is 18.4. The minimum atomic E-state index is -0.509. The first-order valence-electron chi connectivity index (χ1n) is 11.3. The molecule has 34 heavy (non-hydrogen) atoms. The summed E-state index contributed by atoms with van der Waals surface area (Å²) in [7, 11) is 1.72. The zero-order valence-electron chi connectivity index (χ0n) is 19.2. The molecule has 1 fully saturated rings. The van der Waals surface area contributed by atoms with Gasteiger partial charge < -0.3 is 9.26 Å². The van der Waals surface area contributed by atoms with Crippen LogP contribution in [0.2, 0.25) is 0 Å². The van der Waals surface area contributed by atoms with Crippen LogP contribution in [0.1, 0.15) is 68.6 Å². The van der Waals surface area contributed by atoms with Gasteiger partial charge in [-0.3, -0.25) is 4.68 Å². The van der Waals surface area contributed by atoms with Crippen molar-refractivity contribution < 1.29 is 13.7 Å². The summed E-state index contributed by atoms with van der Waals surface area (Å²) in [5, 5.41) is 17.6. The quantitative estimate of drug-likeness (QED) is 0.422. The van der Waals surface area contributed by atoms with Crippen LogP contribution >= 0.6 is 0 Å². The van der Waals surface area contributed by atoms with Crippen LogP contribution in [0.5, 0.6) is 5.88 Å². The second-order valence-corrected chi connectivity index (χ2v) is 8.89. The lowest BCUT2D eigenvalue weighted by Crippen LogP contribution is -2.24. The van der Waals surface area contributed by atoms with E-state index in [1.807, 2.05) is 19.9 Å². The number of halogens is 1. The number of nitriles is 1. The molecule has 3 heterocycles. The number of hydrogen-bond donors (Lipinski definition) is 0. The first-order chi connectivity index (χ1) is 16.4. The van der Waals surface area contributed by atoms with Crippen molar-refractivity contribution in [1.29, 1.82) is 5.26 Å². The van der Waals surface area contributed by atoms with Crippen LogP contribution in [0.15, 0.2) is 29.0 Å². The van der Waals surface area contributed by atoms with Crippen LogP contribution in [0.25, 0.3) is 22.3 Å². The maximum Gasteiger partial charge on any atom is 0.245 e. The first kappa shape index (κ1) is 21.9. The molecule has 1 saturated carbocycles. The third kappa shape index (κ3) is 3.98. The summed E-state index contributed by atoms with van der Waals surface area (Å²) in [6, 6.07) is 6.29. The van der Waals surface area contributed by atoms with Crippen molar-refractivity contribution in [1.82, 2.24) is 29.9 Å². The van der Waals surface area contributed by atoms with Gasteiger partial charge in [0.25, 0.3) is 0 Å². The molecule has 10 heteroatoms. The molecule has 9 nitrogen and oxygen atoms in total. The summed E-state index contributed by atoms with van der Waals surface area (Å²) in [6.45, 7) is 4.08. The molecule has 0 atom stereocenters. The molecule has 1 aliphatic rings. The summed E-state index contributed by atoms with van der Waals surface area (Å²) in [6.07, 6.45) is 4.77. The number of ether oxygens (including phenoxy) is 1. The highest BCUT2D eigenvalue weighted by atomic mass is 19.1. The van der Waals surface area contributed by atoms with Crippen LogP contribution < -0.4 is 4.74 Å². The minimum absolute atomic E-state index is 0.0288. The monoisotopic (exact) mass is 461 g/mol. The van der Waals surface area contributed by atoms with Crippen LogP contribution in [0.3, 0.4) is 0 Å². The summed E-state index contributed by atoms with van der Waals surface area (Å²) in [4.78, 5) is 13.2. The van der Waals surface area contributed by atoms with E-state index in [9.17, 15) is 4.39 Å². The third-order valence-electron chi connectivity index (χ3n) is 6.22. The minimum Gasteiger partial charge on any atom is -0.473 e. The van der Waals surface area contributed by atoms with Crippen LogP contribution in [-0.2, 0) is 7.05 Å². The molecule has 0 aliphatic heterocycles. The zero-order chi connectivity index (χ0) is 23.8. The van der Waals surface area contributed by atoms with Gasteiger partial charge in [0, 0.05) is 24.4 Å². The lowest BCUT2D eigenvalue weighted by Gasteiger charge is -2.26. The highest BCUT2D eigenvalue weighted by molar-refractivity contribution is 5.92. The average molecular weight is 462 g/mol. The Morgan fingerprint density at radius 3 is 2.65 bits per heavy atom. The molecule has 1 aliphatic carbocycles. The van der Waals surface area contributed by atoms with Crippen molar-refractivity contribution in [3.8, 4) is 23.2 Å². The molecule has 3 aromatic heterocycles. The lowest BCUT2D eigenvalue weighted by atomic mass is 9.87. The van der Waals surface area contributed by atoms with Crippen molar-refractivity contribution >= 4 is 11.0 Å². The Morgan fingerprint density at radius 1 is 1.18 bits per heavy atom. The first-order valence-corrected chi connectivity index (χ1v) is 11.3. The van der Waals surface area contributed by atoms with E-state index in [-0.39, 0.29) is 23.5 Å². The van der Waals surface area contributed by atoms with E-state index >= 15 is 0 Å². The van der Waals surface area contributed by atoms with Crippen molar-refractivity contribution in [3.63, 3.8) is 0 Å². The van der Waals surface area contributed by atoms with E-state index in [4.69, 9.17) is 14.5 Å². The van der Waals surface area contributed by atoms with Gasteiger partial charge in [-0.25, -0.2) is 9.37 Å². The third-order valence-corrected chi connectivity index (χ3v) is 6.22. The van der Waals surface area contributed by atoms with E-state index in [0.29, 0.717) is 34.1 Å². The molecular formula is C24H24FN7O2. The fourth-order valence-corrected chi connectivity index (χ4v) is 4.38. The molecule has 0 unspecified atom stereocenters. The average Bonchev–Trinajstić information content (AvgIpc) is 3.45. The number of aromatic nitrogens is 6. The van der Waals surface area contributed by atoms with Gasteiger partial charge >= 0.3 is 0 Å². The van der Waals surface area contributed by atoms with Crippen molar-refractivity contribution in [2.75, 3.05) is 0 Å². The number of nitrogens with zero attached hydrogens (tertiary/aromatic N) is 7. The van der Waals surface area contributed by atoms with E-state index in [0.717, 1.165) is 31.5 Å². The number of fused-ring (bicyclic) bond motifs is 1. The predicted molar refractivity (Wildman–Crippen MR) is 120 cm³/mol. The van der Waals surface area contributed by atoms with Gasteiger partial charge in [-0.15, -0.1) is 0 Å². The van der Waals surface area contributed by atoms with Crippen LogP contribution in [0, 0.1) is 17.1 Å². The van der Waals surface area contributed by atoms with E-state index in [1.54, 1.807) is 23.9 Å². The van der Waals surface area contributed by atoms with Gasteiger partial charge in [0.15, 0.2) is 11.3 Å². The van der Waals surface area contributed by atoms with Gasteiger partial charge in [-0.05, 0) is 43.9 Å². The lowest BCUT2D eigenvalue weighted by molar-refractivity contribution is 0.135. The highest BCUT2D eigenvalue weighted by Crippen LogP contribution is 2.36. The molecular weight excluding hydrogens is 437 g/mol. The SMILES string of the molecule is CC(C)c1noc(C2CCC(Oc3ncnc4c(-c5ccc(C#N)cc5F)n(C)nc34)CC2)n1. The fraction of sp³-hybridized carbons (Fsp3) is 0.417. The summed E-state index contributed by atoms with van der Waals surface area (Å²) in [5.74, 6) is 1.77. The van der Waals surface area contributed by atoms with Gasteiger partial charge in [0.2, 0.25) is 11.8 Å². The zero-order valence-corrected chi connectivity index (χ0v) is 19.2. The fourth-order valence-electron chi connectivity index (χ4n) is 4.38. The molecule has 0 radical (unpaired) electrons. The Kier molecular flexibility index (Phi) is 5.69. The maximum atomic E-state index is 14.7. The van der Waals surface area contributed by atoms with Gasteiger partial charge in [-0.2, -0.15) is 20.3 Å². The Balaban J connectivity index is 1.35. The maximum absolute atomic E-state index is 14.7. The molecule has 1 aromatic carbocycles. The Morgan fingerprint density at radius 2 is 1.97 bits per heavy atom. The van der Waals surface area contributed by atoms with Crippen molar-refractivity contribution in [3.05, 3.63) is 47.6 Å². The van der Waals surface area contributed by atoms with Crippen LogP contribution in [-0.4, -0.2) is 36.0 Å². The molecule has 0 spiro atoms. The highest BCUT2D eigenvalue weighted by Gasteiger charge is 2.29. The smallest absolute Gasteiger partial charge is 0.245 e. The summed E-state index contributed by atoms with van der Waals surface area (Å²) in [5.41, 5.74) is 2.05. The number of rotatable bonds is 5. The van der Waals surface area contributed by atoms with Crippen molar-refractivity contribution in [2.45, 2.75) is 57.5 Å². The second kappa shape index (κ2) is 8.82. The molecule has 0 bridgehead atoms. The van der Waals surface area contributed by atoms with Gasteiger partial charge in [-0.1, -0.05) is 19.0 Å². The van der Waals surface area contributed by atoms with Crippen molar-refractivity contribution in [2.24, 2.45) is 7.05 Å². The molecule has 0 amide bonds. The molecule has 4 aromatic rings.